The molecule has 0 aromatic carbocycles. The van der Waals surface area contributed by atoms with Crippen molar-refractivity contribution in [3.8, 4) is 5.88 Å². The molecule has 0 bridgehead atoms. The molecule has 1 saturated carbocycles. The summed E-state index contributed by atoms with van der Waals surface area (Å²) in [5, 5.41) is 10.1. The number of hydrogen-bond donors (Lipinski definition) is 1. The Morgan fingerprint density at radius 3 is 2.40 bits per heavy atom. The molecule has 0 aliphatic heterocycles. The van der Waals surface area contributed by atoms with Gasteiger partial charge in [-0.25, -0.2) is 9.97 Å². The number of nitrogens with zero attached hydrogens (tertiary/aromatic N) is 2. The third-order valence-corrected chi connectivity index (χ3v) is 3.98. The van der Waals surface area contributed by atoms with Gasteiger partial charge in [-0.05, 0) is 40.5 Å². The van der Waals surface area contributed by atoms with E-state index in [2.05, 4.69) is 9.97 Å². The van der Waals surface area contributed by atoms with Gasteiger partial charge < -0.3 is 14.5 Å². The van der Waals surface area contributed by atoms with Crippen LogP contribution in [0, 0.1) is 0 Å². The molecule has 1 aromatic heterocycles. The van der Waals surface area contributed by atoms with Crippen LogP contribution in [0.2, 0.25) is 0 Å². The van der Waals surface area contributed by atoms with Gasteiger partial charge in [0.2, 0.25) is 5.88 Å². The van der Waals surface area contributed by atoms with Crippen molar-refractivity contribution in [3.63, 3.8) is 0 Å². The Bertz CT molecular complexity index is 482. The highest BCUT2D eigenvalue weighted by molar-refractivity contribution is 6.49. The second-order valence-electron chi connectivity index (χ2n) is 6.26. The molecule has 0 atom stereocenters. The van der Waals surface area contributed by atoms with Gasteiger partial charge in [0.25, 0.3) is 0 Å². The van der Waals surface area contributed by atoms with Gasteiger partial charge in [0, 0.05) is 17.1 Å². The molecular weight excluding hydrogens is 255 g/mol. The smallest absolute Gasteiger partial charge is 0.338 e. The van der Waals surface area contributed by atoms with Gasteiger partial charge in [0.15, 0.2) is 0 Å². The zero-order valence-electron chi connectivity index (χ0n) is 12.8. The molecule has 0 amide bonds. The van der Waals surface area contributed by atoms with Gasteiger partial charge in [-0.3, -0.25) is 0 Å². The predicted octanol–water partition coefficient (Wildman–Crippen LogP) is 1.17. The van der Waals surface area contributed by atoms with Crippen molar-refractivity contribution < 1.29 is 14.5 Å². The maximum Gasteiger partial charge on any atom is 0.338 e. The lowest BCUT2D eigenvalue weighted by atomic mass is 9.81. The largest absolute Gasteiger partial charge is 0.481 e. The molecule has 2 rings (SSSR count). The van der Waals surface area contributed by atoms with Crippen molar-refractivity contribution in [2.24, 2.45) is 0 Å². The van der Waals surface area contributed by atoms with Crippen molar-refractivity contribution in [2.45, 2.75) is 57.7 Å². The first-order chi connectivity index (χ1) is 9.26. The van der Waals surface area contributed by atoms with E-state index >= 15 is 0 Å². The van der Waals surface area contributed by atoms with Crippen molar-refractivity contribution in [1.29, 1.82) is 0 Å². The fourth-order valence-corrected chi connectivity index (χ4v) is 1.70. The van der Waals surface area contributed by atoms with Gasteiger partial charge in [0.1, 0.15) is 6.33 Å². The first-order valence-corrected chi connectivity index (χ1v) is 6.88. The Balaban J connectivity index is 2.20. The van der Waals surface area contributed by atoms with Crippen LogP contribution >= 0.6 is 0 Å². The van der Waals surface area contributed by atoms with Crippen molar-refractivity contribution in [2.75, 3.05) is 7.11 Å². The van der Waals surface area contributed by atoms with Crippen molar-refractivity contribution >= 4 is 12.9 Å². The van der Waals surface area contributed by atoms with Crippen molar-refractivity contribution in [1.82, 2.24) is 9.97 Å². The first kappa shape index (κ1) is 15.3. The third-order valence-electron chi connectivity index (χ3n) is 3.98. The normalized spacial score (nSPS) is 16.1. The average Bonchev–Trinajstić information content (AvgIpc) is 3.18. The minimum atomic E-state index is -0.966. The van der Waals surface area contributed by atoms with Crippen LogP contribution < -0.4 is 10.2 Å². The van der Waals surface area contributed by atoms with Crippen LogP contribution in [-0.4, -0.2) is 40.9 Å². The van der Waals surface area contributed by atoms with E-state index < -0.39 is 11.2 Å². The van der Waals surface area contributed by atoms with Gasteiger partial charge in [-0.1, -0.05) is 0 Å². The molecule has 1 N–H and O–H groups in total. The standard InChI is InChI=1S/C14H22BN2O3/c1-13(2,18)14(3,4)20-15-10-11(9-6-7-9)16-8-17-12(10)19-5/h8-9,18H,6-7H2,1-5H3. The SMILES string of the molecule is COc1ncnc(C2CC2)c1[B]OC(C)(C)C(C)(C)O. The molecule has 109 valence electrons. The summed E-state index contributed by atoms with van der Waals surface area (Å²) in [6.45, 7) is 7.13. The molecule has 5 nitrogen and oxygen atoms in total. The lowest BCUT2D eigenvalue weighted by molar-refractivity contribution is -0.0893. The molecule has 1 fully saturated rings. The van der Waals surface area contributed by atoms with Gasteiger partial charge in [-0.2, -0.15) is 0 Å². The summed E-state index contributed by atoms with van der Waals surface area (Å²) in [6.07, 6.45) is 3.79. The molecule has 1 aliphatic rings. The van der Waals surface area contributed by atoms with E-state index in [0.29, 0.717) is 11.8 Å². The Labute approximate surface area is 121 Å². The lowest BCUT2D eigenvalue weighted by Gasteiger charge is -2.37. The van der Waals surface area contributed by atoms with Gasteiger partial charge in [-0.15, -0.1) is 0 Å². The minimum absolute atomic E-state index is 0.465. The Kier molecular flexibility index (Phi) is 4.07. The molecule has 1 aliphatic carbocycles. The summed E-state index contributed by atoms with van der Waals surface area (Å²) in [4.78, 5) is 8.47. The number of rotatable bonds is 6. The maximum absolute atomic E-state index is 10.1. The molecular formula is C14H22BN2O3. The summed E-state index contributed by atoms with van der Waals surface area (Å²) in [7, 11) is 3.20. The molecule has 1 heterocycles. The molecule has 1 aromatic rings. The zero-order chi connectivity index (χ0) is 15.0. The molecule has 0 saturated heterocycles. The van der Waals surface area contributed by atoms with E-state index in [1.165, 1.54) is 6.33 Å². The third kappa shape index (κ3) is 3.12. The van der Waals surface area contributed by atoms with Crippen LogP contribution in [0.3, 0.4) is 0 Å². The maximum atomic E-state index is 10.1. The average molecular weight is 277 g/mol. The number of aromatic nitrogens is 2. The highest BCUT2D eigenvalue weighted by Gasteiger charge is 2.37. The molecule has 0 unspecified atom stereocenters. The fraction of sp³-hybridized carbons (Fsp3) is 0.714. The summed E-state index contributed by atoms with van der Waals surface area (Å²) in [5.41, 5.74) is 0.0408. The van der Waals surface area contributed by atoms with Gasteiger partial charge in [0.05, 0.1) is 18.3 Å². The topological polar surface area (TPSA) is 64.5 Å². The molecule has 20 heavy (non-hydrogen) atoms. The van der Waals surface area contributed by atoms with E-state index in [9.17, 15) is 5.11 Å². The van der Waals surface area contributed by atoms with Crippen LogP contribution in [0.1, 0.15) is 52.1 Å². The Morgan fingerprint density at radius 2 is 1.90 bits per heavy atom. The fourth-order valence-electron chi connectivity index (χ4n) is 1.70. The highest BCUT2D eigenvalue weighted by atomic mass is 16.5. The van der Waals surface area contributed by atoms with E-state index in [1.54, 1.807) is 28.4 Å². The quantitative estimate of drug-likeness (QED) is 0.791. The summed E-state index contributed by atoms with van der Waals surface area (Å²) in [6, 6.07) is 0. The van der Waals surface area contributed by atoms with E-state index in [0.717, 1.165) is 24.0 Å². The lowest BCUT2D eigenvalue weighted by Crippen LogP contribution is -2.49. The number of aliphatic hydroxyl groups is 1. The van der Waals surface area contributed by atoms with Gasteiger partial charge >= 0.3 is 7.48 Å². The Hall–Kier alpha value is -1.14. The second-order valence-corrected chi connectivity index (χ2v) is 6.26. The van der Waals surface area contributed by atoms with Crippen LogP contribution in [-0.2, 0) is 4.65 Å². The summed E-state index contributed by atoms with van der Waals surface area (Å²) < 4.78 is 11.1. The minimum Gasteiger partial charge on any atom is -0.481 e. The first-order valence-electron chi connectivity index (χ1n) is 6.88. The van der Waals surface area contributed by atoms with Crippen LogP contribution in [0.4, 0.5) is 0 Å². The monoisotopic (exact) mass is 277 g/mol. The van der Waals surface area contributed by atoms with Crippen LogP contribution in [0.5, 0.6) is 5.88 Å². The summed E-state index contributed by atoms with van der Waals surface area (Å²) >= 11 is 0. The second kappa shape index (κ2) is 5.33. The highest BCUT2D eigenvalue weighted by Crippen LogP contribution is 2.38. The molecule has 1 radical (unpaired) electrons. The number of ether oxygens (including phenoxy) is 1. The number of methoxy groups -OCH3 is 1. The van der Waals surface area contributed by atoms with E-state index in [-0.39, 0.29) is 0 Å². The van der Waals surface area contributed by atoms with E-state index in [1.807, 2.05) is 13.8 Å². The molecule has 0 spiro atoms. The zero-order valence-corrected chi connectivity index (χ0v) is 12.8. The van der Waals surface area contributed by atoms with Crippen molar-refractivity contribution in [3.05, 3.63) is 12.0 Å². The van der Waals surface area contributed by atoms with Crippen LogP contribution in [0.15, 0.2) is 6.33 Å². The van der Waals surface area contributed by atoms with Crippen LogP contribution in [0.25, 0.3) is 0 Å². The predicted molar refractivity (Wildman–Crippen MR) is 77.4 cm³/mol. The molecule has 6 heteroatoms. The Morgan fingerprint density at radius 1 is 1.25 bits per heavy atom. The summed E-state index contributed by atoms with van der Waals surface area (Å²) in [5.74, 6) is 0.973. The number of hydrogen-bond acceptors (Lipinski definition) is 5. The van der Waals surface area contributed by atoms with E-state index in [4.69, 9.17) is 9.39 Å².